The van der Waals surface area contributed by atoms with Crippen LogP contribution in [0.3, 0.4) is 0 Å². The number of non-ortho nitro benzene ring substituents is 1. The minimum Gasteiger partial charge on any atom is -0.283 e. The predicted octanol–water partition coefficient (Wildman–Crippen LogP) is 5.96. The summed E-state index contributed by atoms with van der Waals surface area (Å²) in [6.07, 6.45) is 5.16. The van der Waals surface area contributed by atoms with Crippen LogP contribution in [-0.2, 0) is 7.05 Å². The molecule has 2 aromatic heterocycles. The van der Waals surface area contributed by atoms with Crippen LogP contribution in [0.4, 0.5) is 11.4 Å². The molecule has 0 radical (unpaired) electrons. The van der Waals surface area contributed by atoms with Gasteiger partial charge < -0.3 is 0 Å². The fourth-order valence-electron chi connectivity index (χ4n) is 4.89. The van der Waals surface area contributed by atoms with E-state index in [4.69, 9.17) is 10.1 Å². The third-order valence-corrected chi connectivity index (χ3v) is 8.09. The summed E-state index contributed by atoms with van der Waals surface area (Å²) in [4.78, 5) is 29.9. The summed E-state index contributed by atoms with van der Waals surface area (Å²) in [6, 6.07) is 16.0. The number of benzene rings is 2. The summed E-state index contributed by atoms with van der Waals surface area (Å²) in [5.41, 5.74) is 4.08. The molecular formula is C28H30N6O3S. The van der Waals surface area contributed by atoms with Gasteiger partial charge in [0.15, 0.2) is 5.69 Å². The van der Waals surface area contributed by atoms with Gasteiger partial charge in [-0.15, -0.1) is 11.3 Å². The van der Waals surface area contributed by atoms with Gasteiger partial charge in [-0.3, -0.25) is 19.6 Å². The average molecular weight is 531 g/mol. The van der Waals surface area contributed by atoms with Crippen molar-refractivity contribution in [3.05, 3.63) is 90.9 Å². The van der Waals surface area contributed by atoms with E-state index in [0.29, 0.717) is 27.7 Å². The minimum absolute atomic E-state index is 0.0134. The first-order valence-electron chi connectivity index (χ1n) is 12.8. The van der Waals surface area contributed by atoms with Crippen LogP contribution in [0, 0.1) is 23.0 Å². The second-order valence-electron chi connectivity index (χ2n) is 9.56. The monoisotopic (exact) mass is 530 g/mol. The van der Waals surface area contributed by atoms with Gasteiger partial charge in [-0.2, -0.15) is 5.10 Å². The van der Waals surface area contributed by atoms with Gasteiger partial charge in [-0.1, -0.05) is 43.7 Å². The summed E-state index contributed by atoms with van der Waals surface area (Å²) >= 11 is 1.36. The van der Waals surface area contributed by atoms with Gasteiger partial charge in [0.05, 0.1) is 22.0 Å². The highest BCUT2D eigenvalue weighted by Crippen LogP contribution is 2.28. The molecule has 0 unspecified atom stereocenters. The maximum Gasteiger partial charge on any atom is 0.297 e. The van der Waals surface area contributed by atoms with E-state index in [1.165, 1.54) is 23.8 Å². The second-order valence-corrected chi connectivity index (χ2v) is 10.4. The molecule has 1 aliphatic carbocycles. The van der Waals surface area contributed by atoms with E-state index in [9.17, 15) is 14.9 Å². The molecule has 4 aromatic rings. The van der Waals surface area contributed by atoms with Crippen molar-refractivity contribution in [2.75, 3.05) is 0 Å². The van der Waals surface area contributed by atoms with Crippen LogP contribution >= 0.6 is 11.3 Å². The highest BCUT2D eigenvalue weighted by atomic mass is 32.1. The number of rotatable bonds is 6. The Kier molecular flexibility index (Phi) is 7.24. The summed E-state index contributed by atoms with van der Waals surface area (Å²) in [5, 5.41) is 18.3. The molecule has 0 saturated heterocycles. The zero-order valence-electron chi connectivity index (χ0n) is 21.7. The molecule has 1 aliphatic rings. The molecule has 0 atom stereocenters. The van der Waals surface area contributed by atoms with E-state index in [-0.39, 0.29) is 11.2 Å². The Balaban J connectivity index is 1.68. The van der Waals surface area contributed by atoms with E-state index in [1.807, 2.05) is 55.7 Å². The number of para-hydroxylation sites is 1. The molecule has 196 valence electrons. The molecule has 0 spiro atoms. The molecule has 5 rings (SSSR count). The lowest BCUT2D eigenvalue weighted by Crippen LogP contribution is -2.20. The SMILES string of the molecule is CCC1CCC(=Nn2c(-c3cccc([N+](=O)[O-])c3)csc2=Nc2c(C)n(C)n(-c3ccccc3)c2=O)CC1. The zero-order chi connectivity index (χ0) is 26.8. The molecule has 0 amide bonds. The molecule has 0 N–H and O–H groups in total. The minimum atomic E-state index is -0.400. The molecule has 2 heterocycles. The van der Waals surface area contributed by atoms with Crippen molar-refractivity contribution in [2.45, 2.75) is 46.0 Å². The van der Waals surface area contributed by atoms with E-state index >= 15 is 0 Å². The van der Waals surface area contributed by atoms with Crippen molar-refractivity contribution in [2.24, 2.45) is 23.1 Å². The van der Waals surface area contributed by atoms with Crippen LogP contribution in [0.1, 0.15) is 44.7 Å². The highest BCUT2D eigenvalue weighted by Gasteiger charge is 2.20. The highest BCUT2D eigenvalue weighted by molar-refractivity contribution is 7.07. The van der Waals surface area contributed by atoms with Crippen LogP contribution in [0.2, 0.25) is 0 Å². The summed E-state index contributed by atoms with van der Waals surface area (Å²) in [5.74, 6) is 0.713. The first-order chi connectivity index (χ1) is 18.4. The Morgan fingerprint density at radius 2 is 1.84 bits per heavy atom. The van der Waals surface area contributed by atoms with Crippen LogP contribution in [0.15, 0.2) is 74.9 Å². The molecule has 9 nitrogen and oxygen atoms in total. The van der Waals surface area contributed by atoms with Crippen LogP contribution in [0.25, 0.3) is 16.9 Å². The number of aromatic nitrogens is 3. The molecular weight excluding hydrogens is 500 g/mol. The Labute approximate surface area is 224 Å². The quantitative estimate of drug-likeness (QED) is 0.227. The summed E-state index contributed by atoms with van der Waals surface area (Å²) in [6.45, 7) is 4.10. The number of nitrogens with zero attached hydrogens (tertiary/aromatic N) is 6. The van der Waals surface area contributed by atoms with Gasteiger partial charge >= 0.3 is 0 Å². The predicted molar refractivity (Wildman–Crippen MR) is 150 cm³/mol. The van der Waals surface area contributed by atoms with Gasteiger partial charge in [0, 0.05) is 35.8 Å². The van der Waals surface area contributed by atoms with E-state index in [0.717, 1.165) is 42.8 Å². The molecule has 1 fully saturated rings. The van der Waals surface area contributed by atoms with E-state index in [1.54, 1.807) is 26.2 Å². The number of hydrogen-bond acceptors (Lipinski definition) is 6. The molecule has 0 aliphatic heterocycles. The first kappa shape index (κ1) is 25.6. The van der Waals surface area contributed by atoms with Gasteiger partial charge in [0.1, 0.15) is 0 Å². The van der Waals surface area contributed by atoms with E-state index in [2.05, 4.69) is 6.92 Å². The van der Waals surface area contributed by atoms with Crippen molar-refractivity contribution in [1.29, 1.82) is 0 Å². The van der Waals surface area contributed by atoms with Gasteiger partial charge in [-0.05, 0) is 50.7 Å². The van der Waals surface area contributed by atoms with Crippen molar-refractivity contribution < 1.29 is 4.92 Å². The number of thiazole rings is 1. The maximum atomic E-state index is 13.5. The smallest absolute Gasteiger partial charge is 0.283 e. The van der Waals surface area contributed by atoms with Gasteiger partial charge in [-0.25, -0.2) is 14.4 Å². The number of nitro benzene ring substituents is 1. The first-order valence-corrected chi connectivity index (χ1v) is 13.7. The molecule has 2 aromatic carbocycles. The van der Waals surface area contributed by atoms with Crippen LogP contribution in [0.5, 0.6) is 0 Å². The average Bonchev–Trinajstić information content (AvgIpc) is 3.42. The summed E-state index contributed by atoms with van der Waals surface area (Å²) < 4.78 is 5.16. The standard InChI is InChI=1S/C28H30N6O3S/c1-4-20-13-15-22(16-14-20)30-32-25(21-9-8-12-24(17-21)34(36)37)18-38-28(32)29-26-19(2)31(3)33(27(26)35)23-10-6-5-7-11-23/h5-12,17-18,20H,4,13-16H2,1-3H3. The third kappa shape index (κ3) is 4.91. The van der Waals surface area contributed by atoms with E-state index < -0.39 is 4.92 Å². The van der Waals surface area contributed by atoms with Gasteiger partial charge in [0.25, 0.3) is 11.2 Å². The third-order valence-electron chi connectivity index (χ3n) is 7.27. The van der Waals surface area contributed by atoms with Crippen LogP contribution in [-0.4, -0.2) is 24.7 Å². The maximum absolute atomic E-state index is 13.5. The second kappa shape index (κ2) is 10.7. The van der Waals surface area contributed by atoms with Crippen molar-refractivity contribution >= 4 is 28.4 Å². The Hall–Kier alpha value is -4.05. The van der Waals surface area contributed by atoms with Crippen LogP contribution < -0.4 is 10.4 Å². The molecule has 10 heteroatoms. The number of hydrogen-bond donors (Lipinski definition) is 0. The fourth-order valence-corrected chi connectivity index (χ4v) is 5.73. The number of nitro groups is 1. The Morgan fingerprint density at radius 3 is 2.53 bits per heavy atom. The lowest BCUT2D eigenvalue weighted by molar-refractivity contribution is -0.384. The van der Waals surface area contributed by atoms with Crippen molar-refractivity contribution in [1.82, 2.24) is 14.0 Å². The van der Waals surface area contributed by atoms with Crippen molar-refractivity contribution in [3.63, 3.8) is 0 Å². The Bertz CT molecular complexity index is 1630. The fraction of sp³-hybridized carbons (Fsp3) is 0.321. The topological polar surface area (TPSA) is 99.7 Å². The molecule has 38 heavy (non-hydrogen) atoms. The largest absolute Gasteiger partial charge is 0.297 e. The van der Waals surface area contributed by atoms with Gasteiger partial charge in [0.2, 0.25) is 4.80 Å². The molecule has 1 saturated carbocycles. The summed E-state index contributed by atoms with van der Waals surface area (Å²) in [7, 11) is 1.84. The molecule has 0 bridgehead atoms. The lowest BCUT2D eigenvalue weighted by Gasteiger charge is -2.21. The Morgan fingerprint density at radius 1 is 1.11 bits per heavy atom. The lowest BCUT2D eigenvalue weighted by atomic mass is 9.86. The normalized spacial score (nSPS) is 16.1. The zero-order valence-corrected chi connectivity index (χ0v) is 22.5. The van der Waals surface area contributed by atoms with Crippen molar-refractivity contribution in [3.8, 4) is 16.9 Å².